The molecular formula is C14H27NO2S. The number of hydrogen-bond acceptors (Lipinski definition) is 3. The summed E-state index contributed by atoms with van der Waals surface area (Å²) >= 11 is 0. The lowest BCUT2D eigenvalue weighted by molar-refractivity contribution is 0.0988. The second kappa shape index (κ2) is 7.01. The van der Waals surface area contributed by atoms with Crippen LogP contribution in [0.1, 0.15) is 46.0 Å². The molecule has 1 saturated carbocycles. The minimum Gasteiger partial charge on any atom is -0.381 e. The van der Waals surface area contributed by atoms with Crippen LogP contribution < -0.4 is 5.32 Å². The van der Waals surface area contributed by atoms with Gasteiger partial charge in [0.05, 0.1) is 5.25 Å². The molecule has 1 saturated heterocycles. The van der Waals surface area contributed by atoms with Crippen molar-refractivity contribution in [3.63, 3.8) is 0 Å². The molecule has 1 aliphatic carbocycles. The maximum Gasteiger partial charge on any atom is 0.0506 e. The standard InChI is InChI=1S/C14H27NO2S/c1-3-15-13-5-4-11(2)10-14(13)18(16)12-6-8-17-9-7-12/h11-15H,3-10H2,1-2H3. The Morgan fingerprint density at radius 1 is 1.22 bits per heavy atom. The van der Waals surface area contributed by atoms with E-state index >= 15 is 0 Å². The summed E-state index contributed by atoms with van der Waals surface area (Å²) in [7, 11) is -0.688. The predicted octanol–water partition coefficient (Wildman–Crippen LogP) is 2.08. The molecule has 1 aliphatic heterocycles. The normalized spacial score (nSPS) is 36.4. The van der Waals surface area contributed by atoms with Gasteiger partial charge in [0.15, 0.2) is 0 Å². The molecule has 4 atom stereocenters. The van der Waals surface area contributed by atoms with Crippen molar-refractivity contribution in [3.8, 4) is 0 Å². The van der Waals surface area contributed by atoms with Gasteiger partial charge in [0.25, 0.3) is 0 Å². The first kappa shape index (κ1) is 14.5. The molecule has 2 rings (SSSR count). The summed E-state index contributed by atoms with van der Waals surface area (Å²) < 4.78 is 18.2. The highest BCUT2D eigenvalue weighted by Gasteiger charge is 2.36. The fourth-order valence-electron chi connectivity index (χ4n) is 3.24. The molecular weight excluding hydrogens is 246 g/mol. The molecule has 106 valence electrons. The molecule has 0 amide bonds. The molecule has 4 heteroatoms. The Labute approximate surface area is 114 Å². The van der Waals surface area contributed by atoms with E-state index in [1.807, 2.05) is 0 Å². The van der Waals surface area contributed by atoms with Gasteiger partial charge < -0.3 is 10.1 Å². The fraction of sp³-hybridized carbons (Fsp3) is 1.00. The van der Waals surface area contributed by atoms with E-state index in [4.69, 9.17) is 4.74 Å². The lowest BCUT2D eigenvalue weighted by Crippen LogP contribution is -2.48. The van der Waals surface area contributed by atoms with Gasteiger partial charge in [-0.1, -0.05) is 13.8 Å². The summed E-state index contributed by atoms with van der Waals surface area (Å²) in [5.74, 6) is 0.730. The van der Waals surface area contributed by atoms with Crippen LogP contribution in [0.2, 0.25) is 0 Å². The van der Waals surface area contributed by atoms with E-state index in [0.29, 0.717) is 16.5 Å². The van der Waals surface area contributed by atoms with Gasteiger partial charge >= 0.3 is 0 Å². The first-order chi connectivity index (χ1) is 8.72. The van der Waals surface area contributed by atoms with Crippen LogP contribution in [0.3, 0.4) is 0 Å². The van der Waals surface area contributed by atoms with Gasteiger partial charge in [-0.2, -0.15) is 0 Å². The average Bonchev–Trinajstić information content (AvgIpc) is 2.41. The zero-order chi connectivity index (χ0) is 13.0. The zero-order valence-electron chi connectivity index (χ0n) is 11.7. The van der Waals surface area contributed by atoms with Crippen molar-refractivity contribution in [2.45, 2.75) is 62.5 Å². The van der Waals surface area contributed by atoms with Gasteiger partial charge in [0.1, 0.15) is 0 Å². The number of rotatable bonds is 4. The maximum atomic E-state index is 12.8. The summed E-state index contributed by atoms with van der Waals surface area (Å²) in [5.41, 5.74) is 0. The van der Waals surface area contributed by atoms with E-state index in [1.54, 1.807) is 0 Å². The molecule has 18 heavy (non-hydrogen) atoms. The minimum absolute atomic E-state index is 0.358. The van der Waals surface area contributed by atoms with E-state index < -0.39 is 10.8 Å². The molecule has 0 aromatic rings. The van der Waals surface area contributed by atoms with Gasteiger partial charge in [0.2, 0.25) is 0 Å². The summed E-state index contributed by atoms with van der Waals surface area (Å²) in [6.07, 6.45) is 5.56. The molecule has 0 spiro atoms. The van der Waals surface area contributed by atoms with Crippen molar-refractivity contribution >= 4 is 10.8 Å². The summed E-state index contributed by atoms with van der Waals surface area (Å²) in [5, 5.41) is 4.28. The third-order valence-corrected chi connectivity index (χ3v) is 6.56. The number of ether oxygens (including phenoxy) is 1. The van der Waals surface area contributed by atoms with E-state index in [0.717, 1.165) is 44.9 Å². The molecule has 1 heterocycles. The minimum atomic E-state index is -0.688. The first-order valence-electron chi connectivity index (χ1n) is 7.42. The molecule has 0 bridgehead atoms. The second-order valence-corrected chi connectivity index (χ2v) is 7.69. The Hall–Kier alpha value is 0.0700. The summed E-state index contributed by atoms with van der Waals surface area (Å²) in [4.78, 5) is 0. The highest BCUT2D eigenvalue weighted by Crippen LogP contribution is 2.30. The van der Waals surface area contributed by atoms with Crippen LogP contribution in [-0.2, 0) is 15.5 Å². The molecule has 4 unspecified atom stereocenters. The van der Waals surface area contributed by atoms with Gasteiger partial charge in [-0.15, -0.1) is 0 Å². The molecule has 3 nitrogen and oxygen atoms in total. The molecule has 0 aromatic carbocycles. The van der Waals surface area contributed by atoms with Crippen molar-refractivity contribution in [2.24, 2.45) is 5.92 Å². The van der Waals surface area contributed by atoms with Crippen molar-refractivity contribution in [3.05, 3.63) is 0 Å². The second-order valence-electron chi connectivity index (χ2n) is 5.76. The van der Waals surface area contributed by atoms with E-state index in [-0.39, 0.29) is 0 Å². The van der Waals surface area contributed by atoms with Crippen LogP contribution >= 0.6 is 0 Å². The largest absolute Gasteiger partial charge is 0.381 e. The summed E-state index contributed by atoms with van der Waals surface area (Å²) in [6, 6.07) is 0.467. The van der Waals surface area contributed by atoms with Gasteiger partial charge in [-0.25, -0.2) is 0 Å². The SMILES string of the molecule is CCNC1CCC(C)CC1S(=O)C1CCOCC1. The van der Waals surface area contributed by atoms with E-state index in [1.165, 1.54) is 12.8 Å². The molecule has 2 aliphatic rings. The number of hydrogen-bond donors (Lipinski definition) is 1. The van der Waals surface area contributed by atoms with Crippen LogP contribution in [0.25, 0.3) is 0 Å². The Kier molecular flexibility index (Phi) is 5.64. The Morgan fingerprint density at radius 2 is 1.94 bits per heavy atom. The van der Waals surface area contributed by atoms with Crippen molar-refractivity contribution < 1.29 is 8.95 Å². The average molecular weight is 273 g/mol. The maximum absolute atomic E-state index is 12.8. The lowest BCUT2D eigenvalue weighted by atomic mass is 9.87. The molecule has 0 radical (unpaired) electrons. The first-order valence-corrected chi connectivity index (χ1v) is 8.70. The topological polar surface area (TPSA) is 38.3 Å². The third-order valence-electron chi connectivity index (χ3n) is 4.32. The predicted molar refractivity (Wildman–Crippen MR) is 76.3 cm³/mol. The number of nitrogens with one attached hydrogen (secondary N) is 1. The van der Waals surface area contributed by atoms with Crippen LogP contribution in [0.4, 0.5) is 0 Å². The van der Waals surface area contributed by atoms with E-state index in [2.05, 4.69) is 19.2 Å². The van der Waals surface area contributed by atoms with Gasteiger partial charge in [-0.05, 0) is 44.6 Å². The monoisotopic (exact) mass is 273 g/mol. The van der Waals surface area contributed by atoms with Crippen LogP contribution in [0.5, 0.6) is 0 Å². The molecule has 1 N–H and O–H groups in total. The van der Waals surface area contributed by atoms with Crippen molar-refractivity contribution in [2.75, 3.05) is 19.8 Å². The Bertz CT molecular complexity index is 279. The molecule has 2 fully saturated rings. The smallest absolute Gasteiger partial charge is 0.0506 e. The van der Waals surface area contributed by atoms with Crippen LogP contribution in [0, 0.1) is 5.92 Å². The van der Waals surface area contributed by atoms with Crippen LogP contribution in [0.15, 0.2) is 0 Å². The lowest BCUT2D eigenvalue weighted by Gasteiger charge is -2.37. The highest BCUT2D eigenvalue weighted by molar-refractivity contribution is 7.86. The Balaban J connectivity index is 1.99. The fourth-order valence-corrected chi connectivity index (χ4v) is 5.46. The van der Waals surface area contributed by atoms with Crippen LogP contribution in [-0.4, -0.2) is 40.5 Å². The Morgan fingerprint density at radius 3 is 2.61 bits per heavy atom. The van der Waals surface area contributed by atoms with E-state index in [9.17, 15) is 4.21 Å². The van der Waals surface area contributed by atoms with Gasteiger partial charge in [0, 0.05) is 35.3 Å². The zero-order valence-corrected chi connectivity index (χ0v) is 12.5. The van der Waals surface area contributed by atoms with Crippen molar-refractivity contribution in [1.82, 2.24) is 5.32 Å². The van der Waals surface area contributed by atoms with Gasteiger partial charge in [-0.3, -0.25) is 4.21 Å². The molecule has 0 aromatic heterocycles. The summed E-state index contributed by atoms with van der Waals surface area (Å²) in [6.45, 7) is 7.03. The quantitative estimate of drug-likeness (QED) is 0.852. The van der Waals surface area contributed by atoms with Crippen molar-refractivity contribution in [1.29, 1.82) is 0 Å². The third kappa shape index (κ3) is 3.55. The highest BCUT2D eigenvalue weighted by atomic mass is 32.2.